The van der Waals surface area contributed by atoms with Crippen LogP contribution < -0.4 is 11.3 Å². The van der Waals surface area contributed by atoms with Crippen molar-refractivity contribution in [3.05, 3.63) is 59.5 Å². The zero-order chi connectivity index (χ0) is 14.8. The van der Waals surface area contributed by atoms with Crippen LogP contribution in [-0.4, -0.2) is 14.8 Å². The normalized spacial score (nSPS) is 12.7. The van der Waals surface area contributed by atoms with Gasteiger partial charge in [0.05, 0.1) is 22.9 Å². The second-order valence-electron chi connectivity index (χ2n) is 5.21. The highest BCUT2D eigenvalue weighted by molar-refractivity contribution is 5.81. The molecule has 21 heavy (non-hydrogen) atoms. The average Bonchev–Trinajstić information content (AvgIpc) is 2.82. The standard InChI is InChI=1S/C16H19N5/c1-11-6-5-8-13(18-11)15(19-17)10-14-12-7-3-4-9-16(12)21(2)20-14/h3-9,15,19H,10,17H2,1-2H3. The molecule has 3 aromatic rings. The van der Waals surface area contributed by atoms with Crippen LogP contribution in [0.4, 0.5) is 0 Å². The maximum absolute atomic E-state index is 5.73. The van der Waals surface area contributed by atoms with Gasteiger partial charge in [-0.15, -0.1) is 0 Å². The van der Waals surface area contributed by atoms with Gasteiger partial charge >= 0.3 is 0 Å². The summed E-state index contributed by atoms with van der Waals surface area (Å²) in [6.07, 6.45) is 0.703. The fourth-order valence-corrected chi connectivity index (χ4v) is 2.64. The van der Waals surface area contributed by atoms with Gasteiger partial charge in [-0.3, -0.25) is 20.9 Å². The van der Waals surface area contributed by atoms with E-state index in [-0.39, 0.29) is 6.04 Å². The van der Waals surface area contributed by atoms with Crippen molar-refractivity contribution < 1.29 is 0 Å². The van der Waals surface area contributed by atoms with E-state index in [1.165, 1.54) is 0 Å². The monoisotopic (exact) mass is 281 g/mol. The van der Waals surface area contributed by atoms with Crippen LogP contribution in [0.3, 0.4) is 0 Å². The number of fused-ring (bicyclic) bond motifs is 1. The topological polar surface area (TPSA) is 68.8 Å². The molecule has 0 radical (unpaired) electrons. The Bertz CT molecular complexity index is 762. The van der Waals surface area contributed by atoms with Gasteiger partial charge in [-0.05, 0) is 25.1 Å². The molecule has 1 unspecified atom stereocenters. The molecule has 0 aliphatic rings. The average molecular weight is 281 g/mol. The Morgan fingerprint density at radius 1 is 1.19 bits per heavy atom. The number of nitrogens with two attached hydrogens (primary N) is 1. The summed E-state index contributed by atoms with van der Waals surface area (Å²) in [4.78, 5) is 4.55. The Morgan fingerprint density at radius 3 is 2.76 bits per heavy atom. The molecule has 3 rings (SSSR count). The fourth-order valence-electron chi connectivity index (χ4n) is 2.64. The van der Waals surface area contributed by atoms with Crippen LogP contribution in [0.5, 0.6) is 0 Å². The number of hydrogen-bond acceptors (Lipinski definition) is 4. The lowest BCUT2D eigenvalue weighted by Crippen LogP contribution is -2.30. The number of hydrazine groups is 1. The van der Waals surface area contributed by atoms with E-state index in [0.29, 0.717) is 6.42 Å². The lowest BCUT2D eigenvalue weighted by molar-refractivity contribution is 0.529. The van der Waals surface area contributed by atoms with Crippen LogP contribution >= 0.6 is 0 Å². The van der Waals surface area contributed by atoms with Crippen molar-refractivity contribution >= 4 is 10.9 Å². The molecule has 2 heterocycles. The van der Waals surface area contributed by atoms with Crippen molar-refractivity contribution in [2.75, 3.05) is 0 Å². The Hall–Kier alpha value is -2.24. The van der Waals surface area contributed by atoms with Crippen LogP contribution in [0.2, 0.25) is 0 Å². The van der Waals surface area contributed by atoms with Gasteiger partial charge in [0.25, 0.3) is 0 Å². The maximum atomic E-state index is 5.73. The van der Waals surface area contributed by atoms with E-state index in [9.17, 15) is 0 Å². The van der Waals surface area contributed by atoms with Gasteiger partial charge in [0.2, 0.25) is 0 Å². The van der Waals surface area contributed by atoms with E-state index in [2.05, 4.69) is 27.6 Å². The second-order valence-corrected chi connectivity index (χ2v) is 5.21. The van der Waals surface area contributed by atoms with Crippen LogP contribution in [-0.2, 0) is 13.5 Å². The third kappa shape index (κ3) is 2.66. The van der Waals surface area contributed by atoms with Gasteiger partial charge < -0.3 is 0 Å². The van der Waals surface area contributed by atoms with E-state index in [4.69, 9.17) is 5.84 Å². The van der Waals surface area contributed by atoms with Gasteiger partial charge in [0.1, 0.15) is 0 Å². The Balaban J connectivity index is 1.96. The van der Waals surface area contributed by atoms with Crippen molar-refractivity contribution in [3.8, 4) is 0 Å². The SMILES string of the molecule is Cc1cccc(C(Cc2nn(C)c3ccccc23)NN)n1. The van der Waals surface area contributed by atoms with E-state index < -0.39 is 0 Å². The van der Waals surface area contributed by atoms with Crippen molar-refractivity contribution in [1.29, 1.82) is 0 Å². The first-order valence-electron chi connectivity index (χ1n) is 6.99. The molecule has 1 atom stereocenters. The van der Waals surface area contributed by atoms with E-state index in [1.807, 2.05) is 49.0 Å². The molecule has 1 aromatic carbocycles. The number of aromatic nitrogens is 3. The minimum Gasteiger partial charge on any atom is -0.271 e. The number of nitrogens with one attached hydrogen (secondary N) is 1. The first-order valence-corrected chi connectivity index (χ1v) is 6.99. The predicted molar refractivity (Wildman–Crippen MR) is 83.5 cm³/mol. The molecule has 5 nitrogen and oxygen atoms in total. The molecular formula is C16H19N5. The number of para-hydroxylation sites is 1. The molecule has 0 saturated heterocycles. The van der Waals surface area contributed by atoms with Crippen LogP contribution in [0.15, 0.2) is 42.5 Å². The summed E-state index contributed by atoms with van der Waals surface area (Å²) in [6.45, 7) is 1.98. The summed E-state index contributed by atoms with van der Waals surface area (Å²) in [6, 6.07) is 14.1. The minimum atomic E-state index is -0.0526. The van der Waals surface area contributed by atoms with Crippen LogP contribution in [0.1, 0.15) is 23.1 Å². The molecule has 0 aliphatic heterocycles. The molecule has 5 heteroatoms. The fraction of sp³-hybridized carbons (Fsp3) is 0.250. The van der Waals surface area contributed by atoms with Crippen molar-refractivity contribution in [1.82, 2.24) is 20.2 Å². The number of aryl methyl sites for hydroxylation is 2. The van der Waals surface area contributed by atoms with E-state index in [0.717, 1.165) is 28.0 Å². The van der Waals surface area contributed by atoms with Gasteiger partial charge in [-0.1, -0.05) is 24.3 Å². The molecule has 0 saturated carbocycles. The summed E-state index contributed by atoms with van der Waals surface area (Å²) in [5.74, 6) is 5.73. The lowest BCUT2D eigenvalue weighted by Gasteiger charge is -2.14. The van der Waals surface area contributed by atoms with Gasteiger partial charge in [-0.25, -0.2) is 0 Å². The molecule has 2 aromatic heterocycles. The first-order chi connectivity index (χ1) is 10.2. The quantitative estimate of drug-likeness (QED) is 0.567. The summed E-state index contributed by atoms with van der Waals surface area (Å²) in [5.41, 5.74) is 6.93. The summed E-state index contributed by atoms with van der Waals surface area (Å²) in [7, 11) is 1.96. The van der Waals surface area contributed by atoms with Crippen molar-refractivity contribution in [3.63, 3.8) is 0 Å². The predicted octanol–water partition coefficient (Wildman–Crippen LogP) is 2.02. The molecule has 108 valence electrons. The zero-order valence-corrected chi connectivity index (χ0v) is 12.2. The Kier molecular flexibility index (Phi) is 3.68. The smallest absolute Gasteiger partial charge is 0.0723 e. The summed E-state index contributed by atoms with van der Waals surface area (Å²) >= 11 is 0. The third-order valence-electron chi connectivity index (χ3n) is 3.70. The zero-order valence-electron chi connectivity index (χ0n) is 12.2. The first kappa shape index (κ1) is 13.7. The van der Waals surface area contributed by atoms with Crippen LogP contribution in [0.25, 0.3) is 10.9 Å². The summed E-state index contributed by atoms with van der Waals surface area (Å²) in [5, 5.41) is 5.78. The second kappa shape index (κ2) is 5.63. The number of hydrogen-bond donors (Lipinski definition) is 2. The molecule has 3 N–H and O–H groups in total. The molecular weight excluding hydrogens is 262 g/mol. The molecule has 0 aliphatic carbocycles. The largest absolute Gasteiger partial charge is 0.271 e. The number of pyridine rings is 1. The maximum Gasteiger partial charge on any atom is 0.0723 e. The van der Waals surface area contributed by atoms with E-state index in [1.54, 1.807) is 0 Å². The van der Waals surface area contributed by atoms with Gasteiger partial charge in [0.15, 0.2) is 0 Å². The molecule has 0 spiro atoms. The number of benzene rings is 1. The van der Waals surface area contributed by atoms with Gasteiger partial charge in [0, 0.05) is 24.5 Å². The molecule has 0 amide bonds. The van der Waals surface area contributed by atoms with Gasteiger partial charge in [-0.2, -0.15) is 5.10 Å². The van der Waals surface area contributed by atoms with Crippen molar-refractivity contribution in [2.24, 2.45) is 12.9 Å². The highest BCUT2D eigenvalue weighted by Crippen LogP contribution is 2.22. The Morgan fingerprint density at radius 2 is 2.00 bits per heavy atom. The highest BCUT2D eigenvalue weighted by Gasteiger charge is 2.16. The summed E-state index contributed by atoms with van der Waals surface area (Å²) < 4.78 is 1.90. The highest BCUT2D eigenvalue weighted by atomic mass is 15.3. The Labute approximate surface area is 123 Å². The van der Waals surface area contributed by atoms with Crippen LogP contribution in [0, 0.1) is 6.92 Å². The number of nitrogens with zero attached hydrogens (tertiary/aromatic N) is 3. The number of rotatable bonds is 4. The lowest BCUT2D eigenvalue weighted by atomic mass is 10.0. The third-order valence-corrected chi connectivity index (χ3v) is 3.70. The molecule has 0 fully saturated rings. The van der Waals surface area contributed by atoms with E-state index >= 15 is 0 Å². The minimum absolute atomic E-state index is 0.0526. The molecule has 0 bridgehead atoms. The van der Waals surface area contributed by atoms with Crippen molar-refractivity contribution in [2.45, 2.75) is 19.4 Å².